The number of rotatable bonds is 22. The lowest BCUT2D eigenvalue weighted by molar-refractivity contribution is -0.136. The standard InChI is InChI=1S/C48H58ClN7O6/c1-4-5-6-7-8-9-10-11-12-13-14-15-16-17-24-29-40(57)50-43-42(45(59)55(53-43)37-30-31-39(49)38(32-37)46(60)61)48(34(3)52-56(47(48)62)36-27-22-19-23-28-36)41-33(2)51-54(44(41)58)35-25-20-18-21-26-35/h18-23,25-28,30-32,41-42H,4-17,24,29H2,1-3H3,(H,60,61)(H,50,53,57)/t41-,42-,48-/m1/s1. The number of anilines is 3. The molecular weight excluding hydrogens is 806 g/mol. The summed E-state index contributed by atoms with van der Waals surface area (Å²) >= 11 is 6.22. The number of carbonyl (C=O) groups is 5. The van der Waals surface area contributed by atoms with Gasteiger partial charge in [0.2, 0.25) is 5.91 Å². The number of benzene rings is 3. The molecule has 3 aliphatic rings. The summed E-state index contributed by atoms with van der Waals surface area (Å²) in [6.45, 7) is 5.46. The van der Waals surface area contributed by atoms with E-state index in [4.69, 9.17) is 16.7 Å². The van der Waals surface area contributed by atoms with Gasteiger partial charge < -0.3 is 10.4 Å². The van der Waals surface area contributed by atoms with Crippen LogP contribution in [0.1, 0.15) is 134 Å². The molecule has 0 radical (unpaired) electrons. The number of amidine groups is 1. The number of amides is 4. The molecule has 328 valence electrons. The molecule has 0 spiro atoms. The molecule has 0 aliphatic carbocycles. The van der Waals surface area contributed by atoms with E-state index in [1.165, 1.54) is 92.4 Å². The Morgan fingerprint density at radius 3 is 1.69 bits per heavy atom. The maximum atomic E-state index is 15.3. The van der Waals surface area contributed by atoms with E-state index < -0.39 is 46.8 Å². The highest BCUT2D eigenvalue weighted by molar-refractivity contribution is 6.35. The number of hydrazone groups is 3. The summed E-state index contributed by atoms with van der Waals surface area (Å²) < 4.78 is 0. The van der Waals surface area contributed by atoms with Crippen LogP contribution in [0.2, 0.25) is 5.02 Å². The third-order valence-corrected chi connectivity index (χ3v) is 12.4. The van der Waals surface area contributed by atoms with Gasteiger partial charge in [-0.1, -0.05) is 145 Å². The second-order valence-corrected chi connectivity index (χ2v) is 16.9. The number of carbonyl (C=O) groups excluding carboxylic acids is 4. The zero-order chi connectivity index (χ0) is 44.2. The summed E-state index contributed by atoms with van der Waals surface area (Å²) in [6.07, 6.45) is 17.9. The van der Waals surface area contributed by atoms with Gasteiger partial charge in [-0.3, -0.25) is 19.2 Å². The lowest BCUT2D eigenvalue weighted by atomic mass is 9.61. The second kappa shape index (κ2) is 21.4. The number of halogens is 1. The summed E-state index contributed by atoms with van der Waals surface area (Å²) in [4.78, 5) is 71.2. The van der Waals surface area contributed by atoms with Crippen molar-refractivity contribution in [2.75, 3.05) is 15.0 Å². The Balaban J connectivity index is 1.23. The zero-order valence-electron chi connectivity index (χ0n) is 36.0. The fourth-order valence-corrected chi connectivity index (χ4v) is 9.04. The largest absolute Gasteiger partial charge is 0.478 e. The van der Waals surface area contributed by atoms with Gasteiger partial charge in [-0.15, -0.1) is 0 Å². The SMILES string of the molecule is CCCCCCCCCCCCCCCCCC(=O)NC1=NN(c2ccc(Cl)c(C(=O)O)c2)C(=O)[C@@H]1[C@@]1([C@H]2C(=O)N(c3ccccc3)N=C2C)C(=O)N(c2ccccc2)N=C1C. The molecule has 3 heterocycles. The molecule has 62 heavy (non-hydrogen) atoms. The average molecular weight is 864 g/mol. The molecule has 3 aliphatic heterocycles. The number of nitrogens with one attached hydrogen (secondary N) is 1. The Labute approximate surface area is 369 Å². The summed E-state index contributed by atoms with van der Waals surface area (Å²) in [5.74, 6) is -6.86. The van der Waals surface area contributed by atoms with Crippen LogP contribution < -0.4 is 20.3 Å². The summed E-state index contributed by atoms with van der Waals surface area (Å²) in [7, 11) is 0. The molecule has 14 heteroatoms. The third kappa shape index (κ3) is 9.99. The van der Waals surface area contributed by atoms with Crippen LogP contribution in [0.3, 0.4) is 0 Å². The summed E-state index contributed by atoms with van der Waals surface area (Å²) in [5.41, 5.74) is -1.04. The van der Waals surface area contributed by atoms with Gasteiger partial charge >= 0.3 is 5.97 Å². The van der Waals surface area contributed by atoms with Crippen molar-refractivity contribution in [2.45, 2.75) is 124 Å². The molecule has 0 saturated carbocycles. The van der Waals surface area contributed by atoms with E-state index in [0.29, 0.717) is 17.8 Å². The van der Waals surface area contributed by atoms with E-state index in [9.17, 15) is 19.5 Å². The minimum absolute atomic E-state index is 0.0395. The Bertz CT molecular complexity index is 2200. The third-order valence-electron chi connectivity index (χ3n) is 12.1. The van der Waals surface area contributed by atoms with Crippen molar-refractivity contribution in [3.63, 3.8) is 0 Å². The Kier molecular flexibility index (Phi) is 15.8. The van der Waals surface area contributed by atoms with Gasteiger partial charge in [-0.05, 0) is 62.7 Å². The predicted octanol–water partition coefficient (Wildman–Crippen LogP) is 10.1. The van der Waals surface area contributed by atoms with Crippen molar-refractivity contribution in [2.24, 2.45) is 32.6 Å². The topological polar surface area (TPSA) is 164 Å². The Morgan fingerprint density at radius 2 is 1.15 bits per heavy atom. The quantitative estimate of drug-likeness (QED) is 0.0955. The molecule has 6 rings (SSSR count). The van der Waals surface area contributed by atoms with Crippen molar-refractivity contribution in [1.82, 2.24) is 5.32 Å². The van der Waals surface area contributed by atoms with E-state index in [0.717, 1.165) is 30.7 Å². The van der Waals surface area contributed by atoms with Gasteiger partial charge in [0.15, 0.2) is 0 Å². The number of unbranched alkanes of at least 4 members (excludes halogenated alkanes) is 14. The second-order valence-electron chi connectivity index (χ2n) is 16.5. The van der Waals surface area contributed by atoms with Crippen molar-refractivity contribution in [1.29, 1.82) is 0 Å². The maximum Gasteiger partial charge on any atom is 0.337 e. The van der Waals surface area contributed by atoms with Crippen LogP contribution in [0.15, 0.2) is 94.2 Å². The normalized spacial score (nSPS) is 19.9. The number of hydrogen-bond donors (Lipinski definition) is 2. The highest BCUT2D eigenvalue weighted by Gasteiger charge is 2.69. The number of para-hydroxylation sites is 2. The molecule has 2 N–H and O–H groups in total. The van der Waals surface area contributed by atoms with E-state index in [2.05, 4.69) is 22.4 Å². The van der Waals surface area contributed by atoms with Gasteiger partial charge in [0.25, 0.3) is 17.7 Å². The lowest BCUT2D eigenvalue weighted by Gasteiger charge is -2.37. The number of carboxylic acid groups (broad SMARTS) is 1. The van der Waals surface area contributed by atoms with Crippen LogP contribution in [-0.2, 0) is 19.2 Å². The van der Waals surface area contributed by atoms with Crippen molar-refractivity contribution >= 4 is 75.5 Å². The van der Waals surface area contributed by atoms with Crippen LogP contribution >= 0.6 is 11.6 Å². The Hall–Kier alpha value is -5.69. The van der Waals surface area contributed by atoms with Crippen LogP contribution in [0.25, 0.3) is 0 Å². The molecule has 0 fully saturated rings. The summed E-state index contributed by atoms with van der Waals surface area (Å²) in [6, 6.07) is 21.4. The van der Waals surface area contributed by atoms with Crippen LogP contribution in [-0.4, -0.2) is 52.0 Å². The van der Waals surface area contributed by atoms with Crippen LogP contribution in [0, 0.1) is 17.3 Å². The van der Waals surface area contributed by atoms with Gasteiger partial charge in [-0.2, -0.15) is 25.3 Å². The molecule has 0 unspecified atom stereocenters. The minimum atomic E-state index is -2.06. The van der Waals surface area contributed by atoms with Crippen LogP contribution in [0.5, 0.6) is 0 Å². The molecule has 4 amide bonds. The first-order valence-corrected chi connectivity index (χ1v) is 22.5. The van der Waals surface area contributed by atoms with Gasteiger partial charge in [0, 0.05) is 12.1 Å². The molecule has 3 aromatic rings. The minimum Gasteiger partial charge on any atom is -0.478 e. The predicted molar refractivity (Wildman–Crippen MR) is 245 cm³/mol. The van der Waals surface area contributed by atoms with Crippen LogP contribution in [0.4, 0.5) is 17.1 Å². The molecule has 3 atom stereocenters. The lowest BCUT2D eigenvalue weighted by Crippen LogP contribution is -2.60. The van der Waals surface area contributed by atoms with E-state index in [-0.39, 0.29) is 40.0 Å². The highest BCUT2D eigenvalue weighted by atomic mass is 35.5. The van der Waals surface area contributed by atoms with Gasteiger partial charge in [0.05, 0.1) is 33.4 Å². The maximum absolute atomic E-state index is 15.3. The number of nitrogens with zero attached hydrogens (tertiary/aromatic N) is 6. The van der Waals surface area contributed by atoms with Gasteiger partial charge in [0.1, 0.15) is 23.1 Å². The van der Waals surface area contributed by atoms with E-state index in [1.807, 2.05) is 0 Å². The monoisotopic (exact) mass is 863 g/mol. The fraction of sp³-hybridized carbons (Fsp3) is 0.458. The zero-order valence-corrected chi connectivity index (χ0v) is 36.8. The first-order valence-electron chi connectivity index (χ1n) is 22.1. The number of hydrogen-bond acceptors (Lipinski definition) is 8. The Morgan fingerprint density at radius 1 is 0.645 bits per heavy atom. The summed E-state index contributed by atoms with van der Waals surface area (Å²) in [5, 5.41) is 30.0. The molecule has 13 nitrogen and oxygen atoms in total. The molecule has 3 aromatic carbocycles. The number of carboxylic acids is 1. The average Bonchev–Trinajstić information content (AvgIpc) is 3.85. The van der Waals surface area contributed by atoms with Crippen molar-refractivity contribution in [3.05, 3.63) is 89.4 Å². The molecule has 0 aromatic heterocycles. The number of aromatic carboxylic acids is 1. The smallest absolute Gasteiger partial charge is 0.337 e. The highest BCUT2D eigenvalue weighted by Crippen LogP contribution is 2.51. The van der Waals surface area contributed by atoms with Crippen molar-refractivity contribution in [3.8, 4) is 0 Å². The molecule has 0 bridgehead atoms. The van der Waals surface area contributed by atoms with E-state index >= 15 is 9.59 Å². The molecule has 0 saturated heterocycles. The first kappa shape index (κ1) is 45.8. The van der Waals surface area contributed by atoms with Crippen molar-refractivity contribution < 1.29 is 29.1 Å². The molecular formula is C48H58ClN7O6. The van der Waals surface area contributed by atoms with E-state index in [1.54, 1.807) is 74.5 Å². The first-order chi connectivity index (χ1) is 30.0. The van der Waals surface area contributed by atoms with Gasteiger partial charge in [-0.25, -0.2) is 9.80 Å². The fourth-order valence-electron chi connectivity index (χ4n) is 8.85.